The van der Waals surface area contributed by atoms with Gasteiger partial charge in [-0.15, -0.1) is 11.3 Å². The van der Waals surface area contributed by atoms with Crippen LogP contribution in [0.2, 0.25) is 5.02 Å². The third-order valence-corrected chi connectivity index (χ3v) is 5.51. The minimum atomic E-state index is 0.242. The monoisotopic (exact) mass is 364 g/mol. The number of rotatable bonds is 2. The summed E-state index contributed by atoms with van der Waals surface area (Å²) in [5.41, 5.74) is 1.20. The van der Waals surface area contributed by atoms with E-state index in [0.717, 1.165) is 9.50 Å². The Morgan fingerprint density at radius 2 is 2.07 bits per heavy atom. The van der Waals surface area contributed by atoms with E-state index >= 15 is 0 Å². The van der Waals surface area contributed by atoms with Crippen LogP contribution in [0.15, 0.2) is 40.2 Å². The first kappa shape index (κ1) is 11.6. The highest BCUT2D eigenvalue weighted by molar-refractivity contribution is 9.10. The van der Waals surface area contributed by atoms with E-state index in [0.29, 0.717) is 0 Å². The van der Waals surface area contributed by atoms with E-state index < -0.39 is 0 Å². The molecule has 2 rings (SSSR count). The number of thiophene rings is 1. The SMILES string of the molecule is Clc1ccc(C(Br)c2cccs2)cc1Br. The van der Waals surface area contributed by atoms with Gasteiger partial charge in [0.25, 0.3) is 0 Å². The maximum Gasteiger partial charge on any atom is 0.0738 e. The Hall–Kier alpha value is 0.170. The lowest BCUT2D eigenvalue weighted by atomic mass is 10.1. The van der Waals surface area contributed by atoms with Crippen LogP contribution in [0.4, 0.5) is 0 Å². The molecule has 0 aliphatic rings. The van der Waals surface area contributed by atoms with Crippen molar-refractivity contribution < 1.29 is 0 Å². The van der Waals surface area contributed by atoms with Gasteiger partial charge in [0.15, 0.2) is 0 Å². The van der Waals surface area contributed by atoms with Crippen LogP contribution in [0, 0.1) is 0 Å². The van der Waals surface area contributed by atoms with Gasteiger partial charge in [-0.2, -0.15) is 0 Å². The Bertz CT molecular complexity index is 454. The Kier molecular flexibility index (Phi) is 3.88. The van der Waals surface area contributed by atoms with Gasteiger partial charge in [-0.1, -0.05) is 39.7 Å². The molecule has 15 heavy (non-hydrogen) atoms. The lowest BCUT2D eigenvalue weighted by Crippen LogP contribution is -1.89. The summed E-state index contributed by atoms with van der Waals surface area (Å²) in [6.45, 7) is 0. The molecular weight excluding hydrogens is 359 g/mol. The van der Waals surface area contributed by atoms with Crippen molar-refractivity contribution in [3.05, 3.63) is 55.6 Å². The molecule has 0 radical (unpaired) electrons. The average molecular weight is 367 g/mol. The third kappa shape index (κ3) is 2.64. The molecule has 0 spiro atoms. The molecule has 0 bridgehead atoms. The van der Waals surface area contributed by atoms with Gasteiger partial charge in [-0.25, -0.2) is 0 Å². The number of hydrogen-bond donors (Lipinski definition) is 0. The molecule has 0 saturated carbocycles. The molecule has 78 valence electrons. The van der Waals surface area contributed by atoms with Gasteiger partial charge in [0.2, 0.25) is 0 Å². The van der Waals surface area contributed by atoms with E-state index in [4.69, 9.17) is 11.6 Å². The normalized spacial score (nSPS) is 12.7. The van der Waals surface area contributed by atoms with Crippen molar-refractivity contribution in [2.24, 2.45) is 0 Å². The summed E-state index contributed by atoms with van der Waals surface area (Å²) in [6, 6.07) is 10.2. The lowest BCUT2D eigenvalue weighted by Gasteiger charge is -2.09. The lowest BCUT2D eigenvalue weighted by molar-refractivity contribution is 1.22. The van der Waals surface area contributed by atoms with Gasteiger partial charge < -0.3 is 0 Å². The van der Waals surface area contributed by atoms with E-state index in [1.54, 1.807) is 11.3 Å². The van der Waals surface area contributed by atoms with E-state index in [1.807, 2.05) is 18.2 Å². The molecule has 0 nitrogen and oxygen atoms in total. The van der Waals surface area contributed by atoms with Gasteiger partial charge in [0, 0.05) is 9.35 Å². The molecule has 1 atom stereocenters. The highest BCUT2D eigenvalue weighted by Crippen LogP contribution is 2.36. The molecule has 0 saturated heterocycles. The minimum absolute atomic E-state index is 0.242. The summed E-state index contributed by atoms with van der Waals surface area (Å²) in [7, 11) is 0. The van der Waals surface area contributed by atoms with Gasteiger partial charge in [0.05, 0.1) is 9.85 Å². The van der Waals surface area contributed by atoms with Crippen LogP contribution in [0.5, 0.6) is 0 Å². The molecule has 1 aromatic heterocycles. The third-order valence-electron chi connectivity index (χ3n) is 2.03. The molecule has 0 N–H and O–H groups in total. The largest absolute Gasteiger partial charge is 0.147 e. The standard InChI is InChI=1S/C11H7Br2ClS/c12-8-6-7(3-4-9(8)14)11(13)10-2-1-5-15-10/h1-6,11H. The molecule has 0 aliphatic heterocycles. The first-order valence-electron chi connectivity index (χ1n) is 4.31. The average Bonchev–Trinajstić information content (AvgIpc) is 2.74. The molecule has 1 unspecified atom stereocenters. The van der Waals surface area contributed by atoms with Crippen molar-refractivity contribution in [2.45, 2.75) is 4.83 Å². The van der Waals surface area contributed by atoms with Crippen molar-refractivity contribution in [3.8, 4) is 0 Å². The van der Waals surface area contributed by atoms with E-state index in [9.17, 15) is 0 Å². The second-order valence-electron chi connectivity index (χ2n) is 3.05. The van der Waals surface area contributed by atoms with Crippen molar-refractivity contribution in [1.29, 1.82) is 0 Å². The molecule has 1 heterocycles. The molecule has 0 aliphatic carbocycles. The van der Waals surface area contributed by atoms with Gasteiger partial charge in [0.1, 0.15) is 0 Å². The van der Waals surface area contributed by atoms with Crippen molar-refractivity contribution in [1.82, 2.24) is 0 Å². The van der Waals surface area contributed by atoms with E-state index in [-0.39, 0.29) is 4.83 Å². The maximum absolute atomic E-state index is 5.95. The number of benzene rings is 1. The fourth-order valence-electron chi connectivity index (χ4n) is 1.27. The molecule has 2 aromatic rings. The van der Waals surface area contributed by atoms with Crippen molar-refractivity contribution in [2.75, 3.05) is 0 Å². The zero-order chi connectivity index (χ0) is 10.8. The van der Waals surface area contributed by atoms with E-state index in [2.05, 4.69) is 49.4 Å². The maximum atomic E-state index is 5.95. The Balaban J connectivity index is 2.34. The fourth-order valence-corrected chi connectivity index (χ4v) is 3.27. The summed E-state index contributed by atoms with van der Waals surface area (Å²) in [4.78, 5) is 1.54. The van der Waals surface area contributed by atoms with Crippen LogP contribution in [0.3, 0.4) is 0 Å². The second kappa shape index (κ2) is 5.00. The van der Waals surface area contributed by atoms with E-state index in [1.165, 1.54) is 10.4 Å². The molecule has 0 amide bonds. The number of alkyl halides is 1. The predicted octanol–water partition coefficient (Wildman–Crippen LogP) is 5.65. The zero-order valence-corrected chi connectivity index (χ0v) is 12.3. The topological polar surface area (TPSA) is 0 Å². The molecule has 1 aromatic carbocycles. The van der Waals surface area contributed by atoms with Crippen LogP contribution in [0.1, 0.15) is 15.3 Å². The summed E-state index contributed by atoms with van der Waals surface area (Å²) >= 11 is 14.8. The highest BCUT2D eigenvalue weighted by Gasteiger charge is 2.12. The van der Waals surface area contributed by atoms with Crippen LogP contribution in [-0.4, -0.2) is 0 Å². The first-order chi connectivity index (χ1) is 7.18. The Morgan fingerprint density at radius 3 is 2.67 bits per heavy atom. The van der Waals surface area contributed by atoms with Gasteiger partial charge in [-0.3, -0.25) is 0 Å². The Labute approximate surface area is 115 Å². The fraction of sp³-hybridized carbons (Fsp3) is 0.0909. The van der Waals surface area contributed by atoms with Gasteiger partial charge >= 0.3 is 0 Å². The minimum Gasteiger partial charge on any atom is -0.147 e. The molecular formula is C11H7Br2ClS. The van der Waals surface area contributed by atoms with Crippen LogP contribution < -0.4 is 0 Å². The van der Waals surface area contributed by atoms with Crippen LogP contribution in [-0.2, 0) is 0 Å². The van der Waals surface area contributed by atoms with Crippen LogP contribution in [0.25, 0.3) is 0 Å². The Morgan fingerprint density at radius 1 is 1.27 bits per heavy atom. The van der Waals surface area contributed by atoms with Gasteiger partial charge in [-0.05, 0) is 45.1 Å². The zero-order valence-electron chi connectivity index (χ0n) is 7.58. The van der Waals surface area contributed by atoms with Crippen LogP contribution >= 0.6 is 54.8 Å². The van der Waals surface area contributed by atoms with Crippen molar-refractivity contribution >= 4 is 54.8 Å². The number of hydrogen-bond acceptors (Lipinski definition) is 1. The van der Waals surface area contributed by atoms with Crippen molar-refractivity contribution in [3.63, 3.8) is 0 Å². The summed E-state index contributed by atoms with van der Waals surface area (Å²) in [5.74, 6) is 0. The summed E-state index contributed by atoms with van der Waals surface area (Å²) < 4.78 is 0.933. The summed E-state index contributed by atoms with van der Waals surface area (Å²) in [5, 5.41) is 2.82. The molecule has 0 fully saturated rings. The summed E-state index contributed by atoms with van der Waals surface area (Å²) in [6.07, 6.45) is 0. The second-order valence-corrected chi connectivity index (χ2v) is 6.21. The first-order valence-corrected chi connectivity index (χ1v) is 7.27. The smallest absolute Gasteiger partial charge is 0.0738 e. The number of halogens is 3. The quantitative estimate of drug-likeness (QED) is 0.603. The molecule has 4 heteroatoms. The highest BCUT2D eigenvalue weighted by atomic mass is 79.9. The predicted molar refractivity (Wildman–Crippen MR) is 74.2 cm³/mol.